The minimum absolute atomic E-state index is 0.168. The monoisotopic (exact) mass is 257 g/mol. The number of benzene rings is 2. The first-order valence-corrected chi connectivity index (χ1v) is 6.34. The van der Waals surface area contributed by atoms with Crippen LogP contribution < -0.4 is 10.6 Å². The second-order valence-corrected chi connectivity index (χ2v) is 4.71. The summed E-state index contributed by atoms with van der Waals surface area (Å²) in [5.74, 6) is 0. The number of urea groups is 1. The molecular weight excluding hydrogens is 238 g/mol. The molecule has 2 aromatic carbocycles. The van der Waals surface area contributed by atoms with E-state index in [-0.39, 0.29) is 6.03 Å². The highest BCUT2D eigenvalue weighted by Gasteiger charge is 2.04. The van der Waals surface area contributed by atoms with Crippen molar-refractivity contribution < 1.29 is 4.79 Å². The van der Waals surface area contributed by atoms with E-state index in [4.69, 9.17) is 0 Å². The molecule has 0 aliphatic rings. The normalized spacial score (nSPS) is 10.7. The highest BCUT2D eigenvalue weighted by Crippen LogP contribution is 2.22. The number of carbonyl (C=O) groups excluding carboxylic acids is 1. The van der Waals surface area contributed by atoms with Crippen LogP contribution in [0.25, 0.3) is 10.8 Å². The first-order chi connectivity index (χ1) is 9.16. The minimum Gasteiger partial charge on any atom is -0.337 e. The molecule has 100 valence electrons. The third-order valence-electron chi connectivity index (χ3n) is 2.88. The Kier molecular flexibility index (Phi) is 4.36. The first kappa shape index (κ1) is 13.4. The van der Waals surface area contributed by atoms with Gasteiger partial charge in [0, 0.05) is 18.5 Å². The molecule has 2 aromatic rings. The van der Waals surface area contributed by atoms with E-state index in [1.807, 2.05) is 61.5 Å². The summed E-state index contributed by atoms with van der Waals surface area (Å²) in [6.45, 7) is 1.45. The van der Waals surface area contributed by atoms with Crippen LogP contribution in [0.3, 0.4) is 0 Å². The van der Waals surface area contributed by atoms with Crippen LogP contribution in [0.2, 0.25) is 0 Å². The standard InChI is InChI=1S/C15H19N3O/c1-18(2)11-10-16-15(19)17-14-9-5-7-12-6-3-4-8-13(12)14/h3-9H,10-11H2,1-2H3,(H2,16,17,19). The van der Waals surface area contributed by atoms with Crippen LogP contribution in [0.15, 0.2) is 42.5 Å². The molecule has 0 bridgehead atoms. The molecule has 0 spiro atoms. The van der Waals surface area contributed by atoms with E-state index in [1.54, 1.807) is 0 Å². The second kappa shape index (κ2) is 6.20. The summed E-state index contributed by atoms with van der Waals surface area (Å²) < 4.78 is 0. The van der Waals surface area contributed by atoms with Gasteiger partial charge in [-0.2, -0.15) is 0 Å². The maximum atomic E-state index is 11.8. The molecule has 19 heavy (non-hydrogen) atoms. The Balaban J connectivity index is 2.03. The molecule has 0 fully saturated rings. The van der Waals surface area contributed by atoms with Gasteiger partial charge >= 0.3 is 6.03 Å². The number of anilines is 1. The average molecular weight is 257 g/mol. The second-order valence-electron chi connectivity index (χ2n) is 4.71. The quantitative estimate of drug-likeness (QED) is 0.884. The minimum atomic E-state index is -0.168. The number of hydrogen-bond acceptors (Lipinski definition) is 2. The topological polar surface area (TPSA) is 44.4 Å². The number of amides is 2. The van der Waals surface area contributed by atoms with Crippen LogP contribution in [-0.2, 0) is 0 Å². The van der Waals surface area contributed by atoms with E-state index in [9.17, 15) is 4.79 Å². The van der Waals surface area contributed by atoms with Gasteiger partial charge in [0.05, 0.1) is 5.69 Å². The number of likely N-dealkylation sites (N-methyl/N-ethyl adjacent to an activating group) is 1. The third-order valence-corrected chi connectivity index (χ3v) is 2.88. The van der Waals surface area contributed by atoms with Crippen molar-refractivity contribution in [1.29, 1.82) is 0 Å². The van der Waals surface area contributed by atoms with Crippen molar-refractivity contribution >= 4 is 22.5 Å². The maximum Gasteiger partial charge on any atom is 0.319 e. The molecule has 0 atom stereocenters. The molecule has 2 rings (SSSR count). The lowest BCUT2D eigenvalue weighted by atomic mass is 10.1. The van der Waals surface area contributed by atoms with Crippen LogP contribution in [0.4, 0.5) is 10.5 Å². The molecule has 4 heteroatoms. The molecule has 2 N–H and O–H groups in total. The van der Waals surface area contributed by atoms with Crippen molar-refractivity contribution in [3.05, 3.63) is 42.5 Å². The maximum absolute atomic E-state index is 11.8. The predicted molar refractivity (Wildman–Crippen MR) is 79.5 cm³/mol. The summed E-state index contributed by atoms with van der Waals surface area (Å²) in [5, 5.41) is 7.89. The van der Waals surface area contributed by atoms with Crippen molar-refractivity contribution in [3.63, 3.8) is 0 Å². The van der Waals surface area contributed by atoms with Crippen LogP contribution in [0.5, 0.6) is 0 Å². The van der Waals surface area contributed by atoms with Gasteiger partial charge in [0.2, 0.25) is 0 Å². The summed E-state index contributed by atoms with van der Waals surface area (Å²) in [6, 6.07) is 13.7. The lowest BCUT2D eigenvalue weighted by Gasteiger charge is -2.12. The van der Waals surface area contributed by atoms with Crippen molar-refractivity contribution in [2.45, 2.75) is 0 Å². The smallest absolute Gasteiger partial charge is 0.319 e. The highest BCUT2D eigenvalue weighted by molar-refractivity contribution is 6.01. The SMILES string of the molecule is CN(C)CCNC(=O)Nc1cccc2ccccc12. The highest BCUT2D eigenvalue weighted by atomic mass is 16.2. The van der Waals surface area contributed by atoms with Gasteiger partial charge in [-0.3, -0.25) is 0 Å². The molecule has 0 unspecified atom stereocenters. The molecule has 0 saturated heterocycles. The van der Waals surface area contributed by atoms with E-state index in [2.05, 4.69) is 10.6 Å². The van der Waals surface area contributed by atoms with Gasteiger partial charge < -0.3 is 15.5 Å². The molecule has 4 nitrogen and oxygen atoms in total. The fourth-order valence-corrected chi connectivity index (χ4v) is 1.89. The van der Waals surface area contributed by atoms with Crippen LogP contribution in [0.1, 0.15) is 0 Å². The number of nitrogens with one attached hydrogen (secondary N) is 2. The average Bonchev–Trinajstić information content (AvgIpc) is 2.39. The van der Waals surface area contributed by atoms with Crippen molar-refractivity contribution in [1.82, 2.24) is 10.2 Å². The lowest BCUT2D eigenvalue weighted by molar-refractivity contribution is 0.250. The van der Waals surface area contributed by atoms with Crippen molar-refractivity contribution in [2.24, 2.45) is 0 Å². The molecule has 0 aromatic heterocycles. The third kappa shape index (κ3) is 3.69. The number of nitrogens with zero attached hydrogens (tertiary/aromatic N) is 1. The summed E-state index contributed by atoms with van der Waals surface area (Å²) in [5.41, 5.74) is 0.834. The molecular formula is C15H19N3O. The van der Waals surface area contributed by atoms with Gasteiger partial charge in [0.25, 0.3) is 0 Å². The fourth-order valence-electron chi connectivity index (χ4n) is 1.89. The summed E-state index contributed by atoms with van der Waals surface area (Å²) in [4.78, 5) is 13.8. The van der Waals surface area contributed by atoms with Gasteiger partial charge in [0.15, 0.2) is 0 Å². The Bertz CT molecular complexity index is 561. The molecule has 0 heterocycles. The van der Waals surface area contributed by atoms with Gasteiger partial charge in [-0.15, -0.1) is 0 Å². The fraction of sp³-hybridized carbons (Fsp3) is 0.267. The molecule has 0 saturated carbocycles. The first-order valence-electron chi connectivity index (χ1n) is 6.34. The molecule has 0 aliphatic carbocycles. The Morgan fingerprint density at radius 1 is 1.11 bits per heavy atom. The number of carbonyl (C=O) groups is 1. The Labute approximate surface area is 113 Å². The van der Waals surface area contributed by atoms with E-state index < -0.39 is 0 Å². The number of rotatable bonds is 4. The largest absolute Gasteiger partial charge is 0.337 e. The van der Waals surface area contributed by atoms with Crippen LogP contribution in [0, 0.1) is 0 Å². The Morgan fingerprint density at radius 3 is 2.63 bits per heavy atom. The lowest BCUT2D eigenvalue weighted by Crippen LogP contribution is -2.34. The zero-order valence-electron chi connectivity index (χ0n) is 11.3. The summed E-state index contributed by atoms with van der Waals surface area (Å²) in [7, 11) is 3.95. The van der Waals surface area contributed by atoms with Crippen molar-refractivity contribution in [2.75, 3.05) is 32.5 Å². The van der Waals surface area contributed by atoms with Crippen LogP contribution in [-0.4, -0.2) is 38.1 Å². The Hall–Kier alpha value is -2.07. The predicted octanol–water partition coefficient (Wildman–Crippen LogP) is 2.52. The van der Waals surface area contributed by atoms with Crippen molar-refractivity contribution in [3.8, 4) is 0 Å². The van der Waals surface area contributed by atoms with E-state index >= 15 is 0 Å². The summed E-state index contributed by atoms with van der Waals surface area (Å²) in [6.07, 6.45) is 0. The number of fused-ring (bicyclic) bond motifs is 1. The van der Waals surface area contributed by atoms with E-state index in [0.717, 1.165) is 23.0 Å². The summed E-state index contributed by atoms with van der Waals surface area (Å²) >= 11 is 0. The van der Waals surface area contributed by atoms with E-state index in [0.29, 0.717) is 6.54 Å². The zero-order chi connectivity index (χ0) is 13.7. The van der Waals surface area contributed by atoms with Gasteiger partial charge in [-0.25, -0.2) is 4.79 Å². The Morgan fingerprint density at radius 2 is 1.84 bits per heavy atom. The molecule has 2 amide bonds. The van der Waals surface area contributed by atoms with Gasteiger partial charge in [0.1, 0.15) is 0 Å². The van der Waals surface area contributed by atoms with Gasteiger partial charge in [-0.1, -0.05) is 36.4 Å². The van der Waals surface area contributed by atoms with Crippen LogP contribution >= 0.6 is 0 Å². The number of hydrogen-bond donors (Lipinski definition) is 2. The molecule has 0 radical (unpaired) electrons. The van der Waals surface area contributed by atoms with E-state index in [1.165, 1.54) is 0 Å². The zero-order valence-corrected chi connectivity index (χ0v) is 11.3. The molecule has 0 aliphatic heterocycles. The van der Waals surface area contributed by atoms with Gasteiger partial charge in [-0.05, 0) is 25.5 Å².